The second-order valence-electron chi connectivity index (χ2n) is 5.97. The van der Waals surface area contributed by atoms with Crippen LogP contribution in [-0.2, 0) is 11.3 Å². The highest BCUT2D eigenvalue weighted by Gasteiger charge is 2.16. The molecular weight excluding hydrogens is 278 g/mol. The average molecular weight is 305 g/mol. The van der Waals surface area contributed by atoms with Gasteiger partial charge in [-0.1, -0.05) is 32.9 Å². The molecule has 0 radical (unpaired) electrons. The van der Waals surface area contributed by atoms with Gasteiger partial charge in [-0.15, -0.1) is 0 Å². The van der Waals surface area contributed by atoms with E-state index in [1.54, 1.807) is 12.1 Å². The second kappa shape index (κ2) is 8.54. The fraction of sp³-hybridized carbons (Fsp3) is 0.529. The lowest BCUT2D eigenvalue weighted by atomic mass is 10.0. The fourth-order valence-electron chi connectivity index (χ4n) is 1.84. The summed E-state index contributed by atoms with van der Waals surface area (Å²) in [5.74, 6) is -0.182. The maximum atomic E-state index is 12.1. The van der Waals surface area contributed by atoms with E-state index in [-0.39, 0.29) is 23.8 Å². The quantitative estimate of drug-likeness (QED) is 0.718. The average Bonchev–Trinajstić information content (AvgIpc) is 2.51. The van der Waals surface area contributed by atoms with Crippen molar-refractivity contribution in [2.45, 2.75) is 52.7 Å². The third-order valence-electron chi connectivity index (χ3n) is 3.67. The number of benzene rings is 1. The van der Waals surface area contributed by atoms with E-state index < -0.39 is 6.04 Å². The predicted octanol–water partition coefficient (Wildman–Crippen LogP) is 1.81. The summed E-state index contributed by atoms with van der Waals surface area (Å²) in [5.41, 5.74) is 7.27. The molecule has 0 saturated heterocycles. The van der Waals surface area contributed by atoms with E-state index in [0.717, 1.165) is 12.0 Å². The molecule has 0 spiro atoms. The minimum absolute atomic E-state index is 0.0904. The van der Waals surface area contributed by atoms with Crippen molar-refractivity contribution < 1.29 is 9.59 Å². The highest BCUT2D eigenvalue weighted by Crippen LogP contribution is 2.07. The molecule has 1 unspecified atom stereocenters. The number of nitrogens with one attached hydrogen (secondary N) is 2. The van der Waals surface area contributed by atoms with Gasteiger partial charge in [-0.3, -0.25) is 9.59 Å². The number of hydrogen-bond acceptors (Lipinski definition) is 3. The molecule has 4 N–H and O–H groups in total. The topological polar surface area (TPSA) is 84.2 Å². The molecule has 0 heterocycles. The molecule has 5 heteroatoms. The largest absolute Gasteiger partial charge is 0.351 e. The first-order valence-electron chi connectivity index (χ1n) is 7.78. The van der Waals surface area contributed by atoms with Crippen LogP contribution in [0.4, 0.5) is 0 Å². The van der Waals surface area contributed by atoms with Crippen molar-refractivity contribution in [1.82, 2.24) is 10.6 Å². The van der Waals surface area contributed by atoms with Crippen LogP contribution in [0.2, 0.25) is 0 Å². The van der Waals surface area contributed by atoms with Gasteiger partial charge < -0.3 is 16.4 Å². The Morgan fingerprint density at radius 1 is 1.23 bits per heavy atom. The third kappa shape index (κ3) is 5.48. The van der Waals surface area contributed by atoms with Crippen molar-refractivity contribution in [2.24, 2.45) is 11.7 Å². The normalized spacial score (nSPS) is 13.5. The van der Waals surface area contributed by atoms with Gasteiger partial charge in [0.2, 0.25) is 5.91 Å². The lowest BCUT2D eigenvalue weighted by molar-refractivity contribution is -0.123. The summed E-state index contributed by atoms with van der Waals surface area (Å²) in [4.78, 5) is 23.9. The lowest BCUT2D eigenvalue weighted by Crippen LogP contribution is -2.43. The summed E-state index contributed by atoms with van der Waals surface area (Å²) >= 11 is 0. The summed E-state index contributed by atoms with van der Waals surface area (Å²) in [6.07, 6.45) is 0.884. The van der Waals surface area contributed by atoms with Crippen molar-refractivity contribution >= 4 is 11.8 Å². The maximum Gasteiger partial charge on any atom is 0.251 e. The van der Waals surface area contributed by atoms with Gasteiger partial charge in [0.1, 0.15) is 0 Å². The van der Waals surface area contributed by atoms with Crippen LogP contribution in [0.5, 0.6) is 0 Å². The Labute approximate surface area is 132 Å². The number of carbonyl (C=O) groups is 2. The number of carbonyl (C=O) groups excluding carboxylic acids is 2. The molecule has 5 nitrogen and oxygen atoms in total. The van der Waals surface area contributed by atoms with Crippen LogP contribution in [0.25, 0.3) is 0 Å². The Hall–Kier alpha value is -1.88. The van der Waals surface area contributed by atoms with Crippen LogP contribution in [0.1, 0.15) is 50.0 Å². The van der Waals surface area contributed by atoms with E-state index in [4.69, 9.17) is 5.73 Å². The Morgan fingerprint density at radius 3 is 2.50 bits per heavy atom. The van der Waals surface area contributed by atoms with E-state index in [1.807, 2.05) is 39.8 Å². The Kier molecular flexibility index (Phi) is 7.05. The van der Waals surface area contributed by atoms with Gasteiger partial charge in [-0.05, 0) is 37.0 Å². The standard InChI is InChI=1S/C17H27N3O2/c1-5-12(4)20-16(21)14-8-6-7-13(9-14)10-19-17(22)15(18)11(2)3/h6-9,11-12,15H,5,10,18H2,1-4H3,(H,19,22)(H,20,21)/t12?,15-/m0/s1. The van der Waals surface area contributed by atoms with Crippen LogP contribution in [0.15, 0.2) is 24.3 Å². The van der Waals surface area contributed by atoms with E-state index >= 15 is 0 Å². The van der Waals surface area contributed by atoms with Gasteiger partial charge in [-0.2, -0.15) is 0 Å². The number of rotatable bonds is 7. The zero-order valence-electron chi connectivity index (χ0n) is 13.8. The summed E-state index contributed by atoms with van der Waals surface area (Å²) in [6, 6.07) is 6.87. The van der Waals surface area contributed by atoms with Gasteiger partial charge >= 0.3 is 0 Å². The van der Waals surface area contributed by atoms with E-state index in [1.165, 1.54) is 0 Å². The molecule has 0 aliphatic carbocycles. The first-order chi connectivity index (χ1) is 10.3. The van der Waals surface area contributed by atoms with Crippen molar-refractivity contribution in [2.75, 3.05) is 0 Å². The Bertz CT molecular complexity index is 514. The smallest absolute Gasteiger partial charge is 0.251 e. The molecule has 2 amide bonds. The first-order valence-corrected chi connectivity index (χ1v) is 7.78. The molecule has 0 aliphatic rings. The maximum absolute atomic E-state index is 12.1. The summed E-state index contributed by atoms with van der Waals surface area (Å²) in [5, 5.41) is 5.73. The zero-order valence-corrected chi connectivity index (χ0v) is 13.8. The van der Waals surface area contributed by atoms with Crippen LogP contribution in [0.3, 0.4) is 0 Å². The van der Waals surface area contributed by atoms with Crippen LogP contribution >= 0.6 is 0 Å². The van der Waals surface area contributed by atoms with E-state index in [0.29, 0.717) is 12.1 Å². The molecule has 22 heavy (non-hydrogen) atoms. The van der Waals surface area contributed by atoms with Crippen LogP contribution < -0.4 is 16.4 Å². The van der Waals surface area contributed by atoms with Gasteiger partial charge in [0.15, 0.2) is 0 Å². The predicted molar refractivity (Wildman–Crippen MR) is 88.3 cm³/mol. The molecule has 0 aromatic heterocycles. The SMILES string of the molecule is CCC(C)NC(=O)c1cccc(CNC(=O)[C@@H](N)C(C)C)c1. The van der Waals surface area contributed by atoms with Gasteiger partial charge in [0.25, 0.3) is 5.91 Å². The second-order valence-corrected chi connectivity index (χ2v) is 5.97. The molecule has 122 valence electrons. The molecule has 0 saturated carbocycles. The van der Waals surface area contributed by atoms with Gasteiger partial charge in [0.05, 0.1) is 6.04 Å². The molecule has 1 aromatic carbocycles. The molecule has 1 aromatic rings. The minimum atomic E-state index is -0.517. The number of hydrogen-bond donors (Lipinski definition) is 3. The van der Waals surface area contributed by atoms with E-state index in [2.05, 4.69) is 10.6 Å². The lowest BCUT2D eigenvalue weighted by Gasteiger charge is -2.16. The molecule has 0 fully saturated rings. The van der Waals surface area contributed by atoms with Crippen molar-refractivity contribution in [3.63, 3.8) is 0 Å². The highest BCUT2D eigenvalue weighted by atomic mass is 16.2. The molecule has 2 atom stereocenters. The molecule has 0 aliphatic heterocycles. The molecule has 1 rings (SSSR count). The summed E-state index contributed by atoms with van der Waals surface area (Å²) < 4.78 is 0. The number of nitrogens with two attached hydrogens (primary N) is 1. The van der Waals surface area contributed by atoms with Crippen LogP contribution in [-0.4, -0.2) is 23.9 Å². The molecular formula is C17H27N3O2. The summed E-state index contributed by atoms with van der Waals surface area (Å²) in [6.45, 7) is 8.17. The highest BCUT2D eigenvalue weighted by molar-refractivity contribution is 5.94. The van der Waals surface area contributed by atoms with Gasteiger partial charge in [0, 0.05) is 18.2 Å². The monoisotopic (exact) mass is 305 g/mol. The van der Waals surface area contributed by atoms with Gasteiger partial charge in [-0.25, -0.2) is 0 Å². The van der Waals surface area contributed by atoms with Crippen molar-refractivity contribution in [3.05, 3.63) is 35.4 Å². The first kappa shape index (κ1) is 18.2. The van der Waals surface area contributed by atoms with Crippen molar-refractivity contribution in [3.8, 4) is 0 Å². The minimum Gasteiger partial charge on any atom is -0.351 e. The number of amides is 2. The summed E-state index contributed by atoms with van der Waals surface area (Å²) in [7, 11) is 0. The van der Waals surface area contributed by atoms with E-state index in [9.17, 15) is 9.59 Å². The molecule has 0 bridgehead atoms. The Morgan fingerprint density at radius 2 is 1.91 bits per heavy atom. The third-order valence-corrected chi connectivity index (χ3v) is 3.67. The zero-order chi connectivity index (χ0) is 16.7. The fourth-order valence-corrected chi connectivity index (χ4v) is 1.84. The van der Waals surface area contributed by atoms with Crippen molar-refractivity contribution in [1.29, 1.82) is 0 Å². The van der Waals surface area contributed by atoms with Crippen LogP contribution in [0, 0.1) is 5.92 Å². The Balaban J connectivity index is 2.65.